The molecular weight excluding hydrogens is 392 g/mol. The summed E-state index contributed by atoms with van der Waals surface area (Å²) in [5, 5.41) is 0. The average molecular weight is 429 g/mol. The van der Waals surface area contributed by atoms with E-state index in [0.29, 0.717) is 0 Å². The molecule has 1 atom stereocenters. The van der Waals surface area contributed by atoms with Gasteiger partial charge in [0.15, 0.2) is 0 Å². The molecule has 1 aliphatic heterocycles. The van der Waals surface area contributed by atoms with Crippen molar-refractivity contribution in [2.75, 3.05) is 24.6 Å². The number of rotatable bonds is 5. The van der Waals surface area contributed by atoms with Crippen molar-refractivity contribution in [3.05, 3.63) is 84.1 Å². The van der Waals surface area contributed by atoms with Crippen LogP contribution in [0.25, 0.3) is 11.3 Å². The molecule has 3 aromatic rings. The summed E-state index contributed by atoms with van der Waals surface area (Å²) in [6.45, 7) is 14.1. The maximum absolute atomic E-state index is 6.23. The number of hydrogen-bond donors (Lipinski definition) is 0. The molecule has 1 unspecified atom stereocenters. The lowest BCUT2D eigenvalue weighted by molar-refractivity contribution is 0.0230. The highest BCUT2D eigenvalue weighted by Gasteiger charge is 2.30. The van der Waals surface area contributed by atoms with Crippen LogP contribution < -0.4 is 4.90 Å². The lowest BCUT2D eigenvalue weighted by Gasteiger charge is -2.38. The van der Waals surface area contributed by atoms with Crippen molar-refractivity contribution >= 4 is 5.69 Å². The molecule has 1 fully saturated rings. The molecule has 2 heterocycles. The fourth-order valence-electron chi connectivity index (χ4n) is 4.56. The van der Waals surface area contributed by atoms with Crippen molar-refractivity contribution in [1.29, 1.82) is 0 Å². The van der Waals surface area contributed by atoms with Gasteiger partial charge in [0.2, 0.25) is 0 Å². The van der Waals surface area contributed by atoms with Crippen LogP contribution >= 0.6 is 0 Å². The molecule has 0 bridgehead atoms. The van der Waals surface area contributed by atoms with Crippen LogP contribution in [0.15, 0.2) is 72.9 Å². The minimum atomic E-state index is 0.0313. The lowest BCUT2D eigenvalue weighted by Crippen LogP contribution is -2.44. The minimum absolute atomic E-state index is 0.0313. The Hall–Kier alpha value is -2.65. The summed E-state index contributed by atoms with van der Waals surface area (Å²) in [5.41, 5.74) is 6.39. The van der Waals surface area contributed by atoms with E-state index in [9.17, 15) is 0 Å². The number of pyridine rings is 1. The van der Waals surface area contributed by atoms with Gasteiger partial charge in [-0.1, -0.05) is 77.1 Å². The number of nitrogens with zero attached hydrogens (tertiary/aromatic N) is 2. The van der Waals surface area contributed by atoms with Crippen molar-refractivity contribution < 1.29 is 4.74 Å². The van der Waals surface area contributed by atoms with E-state index in [0.717, 1.165) is 37.4 Å². The normalized spacial score (nSPS) is 17.4. The third-order valence-corrected chi connectivity index (χ3v) is 6.58. The summed E-state index contributed by atoms with van der Waals surface area (Å²) in [4.78, 5) is 6.96. The van der Waals surface area contributed by atoms with Crippen LogP contribution in [0.1, 0.15) is 52.2 Å². The topological polar surface area (TPSA) is 25.4 Å². The van der Waals surface area contributed by atoms with Gasteiger partial charge in [-0.15, -0.1) is 0 Å². The highest BCUT2D eigenvalue weighted by Crippen LogP contribution is 2.33. The third kappa shape index (κ3) is 5.21. The predicted octanol–water partition coefficient (Wildman–Crippen LogP) is 6.62. The lowest BCUT2D eigenvalue weighted by atomic mass is 9.79. The Morgan fingerprint density at radius 1 is 0.906 bits per heavy atom. The zero-order valence-corrected chi connectivity index (χ0v) is 20.1. The molecule has 0 spiro atoms. The van der Waals surface area contributed by atoms with Gasteiger partial charge in [0.1, 0.15) is 0 Å². The van der Waals surface area contributed by atoms with E-state index >= 15 is 0 Å². The van der Waals surface area contributed by atoms with Crippen LogP contribution in [0.5, 0.6) is 0 Å². The fourth-order valence-corrected chi connectivity index (χ4v) is 4.56. The second kappa shape index (κ2) is 9.07. The molecule has 1 saturated heterocycles. The SMILES string of the molecule is CC(C)(C)c1cccc(N2CCOC(CC(C)(C)c3ccc(-c4ccccn4)cc3)C2)c1. The van der Waals surface area contributed by atoms with Gasteiger partial charge >= 0.3 is 0 Å². The smallest absolute Gasteiger partial charge is 0.0759 e. The molecule has 3 nitrogen and oxygen atoms in total. The van der Waals surface area contributed by atoms with Gasteiger partial charge in [-0.05, 0) is 52.6 Å². The van der Waals surface area contributed by atoms with Gasteiger partial charge in [0.05, 0.1) is 18.4 Å². The van der Waals surface area contributed by atoms with Gasteiger partial charge in [-0.25, -0.2) is 0 Å². The largest absolute Gasteiger partial charge is 0.375 e. The van der Waals surface area contributed by atoms with Crippen LogP contribution in [-0.4, -0.2) is 30.8 Å². The van der Waals surface area contributed by atoms with Gasteiger partial charge in [0, 0.05) is 30.5 Å². The second-order valence-electron chi connectivity index (χ2n) is 10.6. The number of ether oxygens (including phenoxy) is 1. The van der Waals surface area contributed by atoms with E-state index in [-0.39, 0.29) is 16.9 Å². The van der Waals surface area contributed by atoms with Crippen LogP contribution in [-0.2, 0) is 15.6 Å². The Morgan fingerprint density at radius 3 is 2.38 bits per heavy atom. The van der Waals surface area contributed by atoms with E-state index in [2.05, 4.69) is 99.1 Å². The molecular formula is C29H36N2O. The molecule has 32 heavy (non-hydrogen) atoms. The fraction of sp³-hybridized carbons (Fsp3) is 0.414. The Morgan fingerprint density at radius 2 is 1.69 bits per heavy atom. The number of benzene rings is 2. The minimum Gasteiger partial charge on any atom is -0.375 e. The highest BCUT2D eigenvalue weighted by molar-refractivity contribution is 5.59. The van der Waals surface area contributed by atoms with Crippen molar-refractivity contribution in [3.63, 3.8) is 0 Å². The van der Waals surface area contributed by atoms with Crippen molar-refractivity contribution in [1.82, 2.24) is 4.98 Å². The molecule has 0 saturated carbocycles. The standard InChI is InChI=1S/C29H36N2O/c1-28(2,3)24-9-8-10-25(19-24)31-17-18-32-26(21-31)20-29(4,5)23-14-12-22(13-15-23)27-11-6-7-16-30-27/h6-16,19,26H,17-18,20-21H2,1-5H3. The number of morpholine rings is 1. The van der Waals surface area contributed by atoms with E-state index < -0.39 is 0 Å². The Kier molecular flexibility index (Phi) is 6.39. The first-order valence-corrected chi connectivity index (χ1v) is 11.7. The van der Waals surface area contributed by atoms with Crippen LogP contribution in [0.3, 0.4) is 0 Å². The summed E-state index contributed by atoms with van der Waals surface area (Å²) >= 11 is 0. The zero-order chi connectivity index (χ0) is 22.8. The average Bonchev–Trinajstić information content (AvgIpc) is 2.79. The third-order valence-electron chi connectivity index (χ3n) is 6.58. The molecule has 0 N–H and O–H groups in total. The quantitative estimate of drug-likeness (QED) is 0.457. The van der Waals surface area contributed by atoms with Crippen molar-refractivity contribution in [2.45, 2.75) is 58.0 Å². The van der Waals surface area contributed by atoms with Crippen LogP contribution in [0.2, 0.25) is 0 Å². The number of hydrogen-bond acceptors (Lipinski definition) is 3. The first kappa shape index (κ1) is 22.5. The number of anilines is 1. The molecule has 4 rings (SSSR count). The van der Waals surface area contributed by atoms with Crippen molar-refractivity contribution in [3.8, 4) is 11.3 Å². The summed E-state index contributed by atoms with van der Waals surface area (Å²) in [6.07, 6.45) is 3.05. The zero-order valence-electron chi connectivity index (χ0n) is 20.1. The molecule has 1 aliphatic rings. The predicted molar refractivity (Wildman–Crippen MR) is 134 cm³/mol. The molecule has 168 valence electrons. The van der Waals surface area contributed by atoms with Gasteiger partial charge in [-0.3, -0.25) is 4.98 Å². The van der Waals surface area contributed by atoms with Crippen LogP contribution in [0, 0.1) is 0 Å². The Balaban J connectivity index is 1.45. The second-order valence-corrected chi connectivity index (χ2v) is 10.6. The summed E-state index contributed by atoms with van der Waals surface area (Å²) in [6, 6.07) is 23.9. The van der Waals surface area contributed by atoms with Gasteiger partial charge in [0.25, 0.3) is 0 Å². The molecule has 0 radical (unpaired) electrons. The highest BCUT2D eigenvalue weighted by atomic mass is 16.5. The summed E-state index contributed by atoms with van der Waals surface area (Å²) < 4.78 is 6.23. The van der Waals surface area contributed by atoms with E-state index in [4.69, 9.17) is 4.74 Å². The van der Waals surface area contributed by atoms with Gasteiger partial charge < -0.3 is 9.64 Å². The molecule has 3 heteroatoms. The van der Waals surface area contributed by atoms with E-state index in [1.165, 1.54) is 16.8 Å². The number of aromatic nitrogens is 1. The maximum atomic E-state index is 6.23. The molecule has 0 aliphatic carbocycles. The van der Waals surface area contributed by atoms with Crippen LogP contribution in [0.4, 0.5) is 5.69 Å². The summed E-state index contributed by atoms with van der Waals surface area (Å²) in [7, 11) is 0. The van der Waals surface area contributed by atoms with Gasteiger partial charge in [-0.2, -0.15) is 0 Å². The Labute approximate surface area is 193 Å². The summed E-state index contributed by atoms with van der Waals surface area (Å²) in [5.74, 6) is 0. The molecule has 0 amide bonds. The Bertz CT molecular complexity index is 1020. The molecule has 2 aromatic carbocycles. The molecule has 1 aromatic heterocycles. The van der Waals surface area contributed by atoms with E-state index in [1.807, 2.05) is 18.3 Å². The monoisotopic (exact) mass is 428 g/mol. The maximum Gasteiger partial charge on any atom is 0.0759 e. The van der Waals surface area contributed by atoms with E-state index in [1.54, 1.807) is 0 Å². The first-order valence-electron chi connectivity index (χ1n) is 11.7. The first-order chi connectivity index (χ1) is 15.2. The van der Waals surface area contributed by atoms with Crippen molar-refractivity contribution in [2.24, 2.45) is 0 Å².